The molecule has 72 valence electrons. The lowest BCUT2D eigenvalue weighted by Gasteiger charge is -2.09. The molecule has 3 N–H and O–H groups in total. The molecular formula is C11H17NO. The first-order valence-corrected chi connectivity index (χ1v) is 4.55. The number of aromatic hydroxyl groups is 1. The number of rotatable bonds is 2. The number of phenolic OH excluding ortho intramolecular Hbond substituents is 1. The van der Waals surface area contributed by atoms with Crippen LogP contribution in [0.3, 0.4) is 0 Å². The van der Waals surface area contributed by atoms with Crippen LogP contribution < -0.4 is 5.73 Å². The van der Waals surface area contributed by atoms with Gasteiger partial charge in [0.15, 0.2) is 0 Å². The molecular weight excluding hydrogens is 162 g/mol. The van der Waals surface area contributed by atoms with E-state index in [0.29, 0.717) is 5.75 Å². The minimum atomic E-state index is 0.170. The van der Waals surface area contributed by atoms with Gasteiger partial charge in [-0.05, 0) is 43.9 Å². The highest BCUT2D eigenvalue weighted by molar-refractivity contribution is 5.42. The van der Waals surface area contributed by atoms with Crippen LogP contribution in [-0.4, -0.2) is 11.1 Å². The van der Waals surface area contributed by atoms with Gasteiger partial charge in [0.25, 0.3) is 0 Å². The summed E-state index contributed by atoms with van der Waals surface area (Å²) in [4.78, 5) is 0. The van der Waals surface area contributed by atoms with Crippen LogP contribution in [0.1, 0.15) is 23.6 Å². The largest absolute Gasteiger partial charge is 0.507 e. The smallest absolute Gasteiger partial charge is 0.121 e. The average molecular weight is 179 g/mol. The Balaban J connectivity index is 2.99. The van der Waals surface area contributed by atoms with E-state index in [2.05, 4.69) is 0 Å². The van der Waals surface area contributed by atoms with Crippen molar-refractivity contribution in [1.82, 2.24) is 0 Å². The molecule has 0 aliphatic carbocycles. The molecule has 0 radical (unpaired) electrons. The normalized spacial score (nSPS) is 12.9. The molecule has 2 heteroatoms. The van der Waals surface area contributed by atoms with Crippen LogP contribution >= 0.6 is 0 Å². The Hall–Kier alpha value is -1.02. The highest BCUT2D eigenvalue weighted by Crippen LogP contribution is 2.23. The quantitative estimate of drug-likeness (QED) is 0.728. The first kappa shape index (κ1) is 10.1. The summed E-state index contributed by atoms with van der Waals surface area (Å²) in [6.45, 7) is 5.80. The van der Waals surface area contributed by atoms with Crippen molar-refractivity contribution < 1.29 is 5.11 Å². The molecule has 2 nitrogen and oxygen atoms in total. The van der Waals surface area contributed by atoms with Gasteiger partial charge in [0.05, 0.1) is 0 Å². The summed E-state index contributed by atoms with van der Waals surface area (Å²) >= 11 is 0. The fourth-order valence-electron chi connectivity index (χ4n) is 1.54. The van der Waals surface area contributed by atoms with Crippen LogP contribution in [0.25, 0.3) is 0 Å². The third-order valence-electron chi connectivity index (χ3n) is 2.11. The molecule has 0 bridgehead atoms. The van der Waals surface area contributed by atoms with E-state index in [4.69, 9.17) is 5.73 Å². The van der Waals surface area contributed by atoms with E-state index in [9.17, 15) is 5.11 Å². The average Bonchev–Trinajstić information content (AvgIpc) is 1.98. The lowest BCUT2D eigenvalue weighted by Crippen LogP contribution is -2.17. The predicted octanol–water partition coefficient (Wildman–Crippen LogP) is 1.90. The van der Waals surface area contributed by atoms with Gasteiger partial charge in [0, 0.05) is 6.04 Å². The summed E-state index contributed by atoms with van der Waals surface area (Å²) in [5.41, 5.74) is 8.75. The van der Waals surface area contributed by atoms with Gasteiger partial charge in [-0.3, -0.25) is 0 Å². The van der Waals surface area contributed by atoms with Gasteiger partial charge in [-0.1, -0.05) is 12.1 Å². The van der Waals surface area contributed by atoms with Crippen molar-refractivity contribution >= 4 is 0 Å². The van der Waals surface area contributed by atoms with Crippen LogP contribution in [0.5, 0.6) is 5.75 Å². The Morgan fingerprint density at radius 3 is 2.15 bits per heavy atom. The zero-order valence-corrected chi connectivity index (χ0v) is 8.46. The van der Waals surface area contributed by atoms with Gasteiger partial charge >= 0.3 is 0 Å². The maximum atomic E-state index is 9.53. The minimum Gasteiger partial charge on any atom is -0.507 e. The van der Waals surface area contributed by atoms with E-state index in [1.165, 1.54) is 5.56 Å². The minimum absolute atomic E-state index is 0.170. The SMILES string of the molecule is Cc1cc(CC(C)N)cc(C)c1O. The van der Waals surface area contributed by atoms with Gasteiger partial charge in [-0.2, -0.15) is 0 Å². The lowest BCUT2D eigenvalue weighted by molar-refractivity contribution is 0.466. The molecule has 0 saturated carbocycles. The summed E-state index contributed by atoms with van der Waals surface area (Å²) in [5.74, 6) is 0.397. The van der Waals surface area contributed by atoms with Crippen LogP contribution in [-0.2, 0) is 6.42 Å². The Labute approximate surface area is 79.4 Å². The lowest BCUT2D eigenvalue weighted by atomic mass is 10.0. The third kappa shape index (κ3) is 2.46. The van der Waals surface area contributed by atoms with Crippen LogP contribution in [0, 0.1) is 13.8 Å². The van der Waals surface area contributed by atoms with Gasteiger partial charge < -0.3 is 10.8 Å². The third-order valence-corrected chi connectivity index (χ3v) is 2.11. The van der Waals surface area contributed by atoms with Gasteiger partial charge in [-0.15, -0.1) is 0 Å². The Morgan fingerprint density at radius 2 is 1.77 bits per heavy atom. The van der Waals surface area contributed by atoms with Crippen molar-refractivity contribution in [3.63, 3.8) is 0 Å². The highest BCUT2D eigenvalue weighted by Gasteiger charge is 2.04. The van der Waals surface area contributed by atoms with E-state index < -0.39 is 0 Å². The fourth-order valence-corrected chi connectivity index (χ4v) is 1.54. The van der Waals surface area contributed by atoms with Crippen molar-refractivity contribution in [2.45, 2.75) is 33.2 Å². The summed E-state index contributed by atoms with van der Waals surface area (Å²) < 4.78 is 0. The van der Waals surface area contributed by atoms with Gasteiger partial charge in [-0.25, -0.2) is 0 Å². The zero-order valence-electron chi connectivity index (χ0n) is 8.46. The summed E-state index contributed by atoms with van der Waals surface area (Å²) in [7, 11) is 0. The predicted molar refractivity (Wildman–Crippen MR) is 54.9 cm³/mol. The second kappa shape index (κ2) is 3.79. The second-order valence-electron chi connectivity index (χ2n) is 3.76. The molecule has 1 aromatic rings. The summed E-state index contributed by atoms with van der Waals surface area (Å²) in [6.07, 6.45) is 0.863. The van der Waals surface area contributed by atoms with E-state index >= 15 is 0 Å². The monoisotopic (exact) mass is 179 g/mol. The Morgan fingerprint density at radius 1 is 1.31 bits per heavy atom. The van der Waals surface area contributed by atoms with Crippen molar-refractivity contribution in [2.75, 3.05) is 0 Å². The Bertz CT molecular complexity index is 282. The summed E-state index contributed by atoms with van der Waals surface area (Å²) in [5, 5.41) is 9.53. The van der Waals surface area contributed by atoms with Crippen molar-refractivity contribution in [3.8, 4) is 5.75 Å². The number of hydrogen-bond donors (Lipinski definition) is 2. The summed E-state index contributed by atoms with van der Waals surface area (Å²) in [6, 6.07) is 4.15. The molecule has 0 spiro atoms. The molecule has 0 heterocycles. The Kier molecular flexibility index (Phi) is 2.94. The second-order valence-corrected chi connectivity index (χ2v) is 3.76. The maximum Gasteiger partial charge on any atom is 0.121 e. The molecule has 0 amide bonds. The van der Waals surface area contributed by atoms with Crippen LogP contribution in [0.15, 0.2) is 12.1 Å². The standard InChI is InChI=1S/C11H17NO/c1-7-4-10(6-9(3)12)5-8(2)11(7)13/h4-5,9,13H,6,12H2,1-3H3. The van der Waals surface area contributed by atoms with Crippen LogP contribution in [0.2, 0.25) is 0 Å². The van der Waals surface area contributed by atoms with E-state index in [-0.39, 0.29) is 6.04 Å². The van der Waals surface area contributed by atoms with E-state index in [0.717, 1.165) is 17.5 Å². The van der Waals surface area contributed by atoms with Crippen molar-refractivity contribution in [2.24, 2.45) is 5.73 Å². The molecule has 1 rings (SSSR count). The van der Waals surface area contributed by atoms with Crippen molar-refractivity contribution in [1.29, 1.82) is 0 Å². The molecule has 1 unspecified atom stereocenters. The van der Waals surface area contributed by atoms with Gasteiger partial charge in [0.2, 0.25) is 0 Å². The van der Waals surface area contributed by atoms with Gasteiger partial charge in [0.1, 0.15) is 5.75 Å². The topological polar surface area (TPSA) is 46.2 Å². The number of aryl methyl sites for hydroxylation is 2. The van der Waals surface area contributed by atoms with Crippen molar-refractivity contribution in [3.05, 3.63) is 28.8 Å². The first-order chi connectivity index (χ1) is 6.00. The molecule has 1 atom stereocenters. The first-order valence-electron chi connectivity index (χ1n) is 4.55. The number of hydrogen-bond acceptors (Lipinski definition) is 2. The van der Waals surface area contributed by atoms with Crippen LogP contribution in [0.4, 0.5) is 0 Å². The molecule has 0 fully saturated rings. The molecule has 13 heavy (non-hydrogen) atoms. The van der Waals surface area contributed by atoms with E-state index in [1.54, 1.807) is 0 Å². The van der Waals surface area contributed by atoms with E-state index in [1.807, 2.05) is 32.9 Å². The number of nitrogens with two attached hydrogens (primary N) is 1. The molecule has 0 aliphatic rings. The maximum absolute atomic E-state index is 9.53. The molecule has 0 aliphatic heterocycles. The molecule has 0 aromatic heterocycles. The fraction of sp³-hybridized carbons (Fsp3) is 0.455. The highest BCUT2D eigenvalue weighted by atomic mass is 16.3. The molecule has 0 saturated heterocycles. The molecule has 1 aromatic carbocycles. The number of phenols is 1. The zero-order chi connectivity index (χ0) is 10.0. The number of benzene rings is 1.